The molecule has 454 valence electrons. The molecular formula is C58H96O21. The number of aliphatic hydroxyl groups is 8. The number of methoxy groups -OCH3 is 4. The minimum absolute atomic E-state index is 0.000680. The van der Waals surface area contributed by atoms with Crippen LogP contribution >= 0.6 is 0 Å². The van der Waals surface area contributed by atoms with Gasteiger partial charge in [0.2, 0.25) is 5.79 Å². The zero-order valence-electron chi connectivity index (χ0n) is 49.1. The average molecular weight is 1130 g/mol. The number of carbonyl (C=O) groups excluding carboxylic acids is 1. The Morgan fingerprint density at radius 3 is 2.03 bits per heavy atom. The molecule has 0 radical (unpaired) electrons. The number of aliphatic hydroxyl groups excluding tert-OH is 6. The Morgan fingerprint density at radius 2 is 1.39 bits per heavy atom. The number of rotatable bonds is 14. The molecule has 1 unspecified atom stereocenters. The SMILES string of the molecule is COC[C@@H](C[C@H]1O[C@@](O)([C@@H]2OC(=O)/C(C)=C/C(C)=C/C(C)=C/[C@@H](C)[C@H](O[C@@H]3O[C@@H](C)[C@H](OC)[C@@H](O)[C@@H]3O)/C=C/C(C)=C/CC[C@H](O)[C@@H](OC)C[C@@H]2O)[C@H](C)[C@@H](O)[C@H]1C)O[C@H]1CC(C)(O)[C@@H](O[C@H]2C[C@@H](OC)[C@H](O)[C@@H](C)O2)[C@H](C)O1. The summed E-state index contributed by atoms with van der Waals surface area (Å²) in [7, 11) is 5.79. The summed E-state index contributed by atoms with van der Waals surface area (Å²) in [4.78, 5) is 14.3. The monoisotopic (exact) mass is 1130 g/mol. The molecular weight excluding hydrogens is 1030 g/mol. The number of hydrogen-bond acceptors (Lipinski definition) is 21. The molecule has 8 N–H and O–H groups in total. The predicted octanol–water partition coefficient (Wildman–Crippen LogP) is 3.59. The van der Waals surface area contributed by atoms with E-state index in [2.05, 4.69) is 0 Å². The van der Waals surface area contributed by atoms with Gasteiger partial charge in [-0.2, -0.15) is 0 Å². The van der Waals surface area contributed by atoms with Crippen LogP contribution in [0.1, 0.15) is 115 Å². The average Bonchev–Trinajstić information content (AvgIpc) is 3.41. The quantitative estimate of drug-likeness (QED) is 0.115. The molecule has 0 amide bonds. The first-order valence-electron chi connectivity index (χ1n) is 27.9. The van der Waals surface area contributed by atoms with Crippen LogP contribution in [0.3, 0.4) is 0 Å². The van der Waals surface area contributed by atoms with Crippen LogP contribution in [0.2, 0.25) is 0 Å². The molecule has 0 bridgehead atoms. The summed E-state index contributed by atoms with van der Waals surface area (Å²) >= 11 is 0. The first kappa shape index (κ1) is 67.2. The van der Waals surface area contributed by atoms with E-state index in [9.17, 15) is 45.6 Å². The fourth-order valence-corrected chi connectivity index (χ4v) is 11.6. The number of ether oxygens (including phenoxy) is 12. The zero-order valence-corrected chi connectivity index (χ0v) is 49.1. The van der Waals surface area contributed by atoms with Crippen molar-refractivity contribution in [1.29, 1.82) is 0 Å². The molecule has 0 aromatic carbocycles. The normalized spacial score (nSPS) is 47.4. The summed E-state index contributed by atoms with van der Waals surface area (Å²) in [6, 6.07) is 0. The number of hydrogen-bond donors (Lipinski definition) is 8. The largest absolute Gasteiger partial charge is 0.450 e. The summed E-state index contributed by atoms with van der Waals surface area (Å²) in [6.45, 7) is 19.1. The van der Waals surface area contributed by atoms with Crippen molar-refractivity contribution in [3.05, 3.63) is 58.7 Å². The van der Waals surface area contributed by atoms with Crippen molar-refractivity contribution in [3.8, 4) is 0 Å². The van der Waals surface area contributed by atoms with E-state index in [0.717, 1.165) is 11.1 Å². The third-order valence-corrected chi connectivity index (χ3v) is 16.3. The minimum Gasteiger partial charge on any atom is -0.450 e. The van der Waals surface area contributed by atoms with Gasteiger partial charge in [-0.3, -0.25) is 0 Å². The summed E-state index contributed by atoms with van der Waals surface area (Å²) < 4.78 is 72.2. The Bertz CT molecular complexity index is 2080. The van der Waals surface area contributed by atoms with Gasteiger partial charge >= 0.3 is 5.97 Å². The number of esters is 1. The van der Waals surface area contributed by atoms with Crippen molar-refractivity contribution in [3.63, 3.8) is 0 Å². The number of cyclic esters (lactones) is 1. The van der Waals surface area contributed by atoms with Crippen LogP contribution in [0.5, 0.6) is 0 Å². The van der Waals surface area contributed by atoms with E-state index < -0.39 is 152 Å². The lowest BCUT2D eigenvalue weighted by Gasteiger charge is -2.52. The highest BCUT2D eigenvalue weighted by Gasteiger charge is 2.59. The van der Waals surface area contributed by atoms with E-state index in [1.54, 1.807) is 47.6 Å². The maximum Gasteiger partial charge on any atom is 0.334 e. The smallest absolute Gasteiger partial charge is 0.334 e. The van der Waals surface area contributed by atoms with Crippen LogP contribution in [-0.2, 0) is 61.6 Å². The van der Waals surface area contributed by atoms with E-state index in [4.69, 9.17) is 56.8 Å². The second kappa shape index (κ2) is 29.8. The van der Waals surface area contributed by atoms with E-state index in [-0.39, 0.29) is 50.2 Å². The molecule has 0 aromatic heterocycles. The van der Waals surface area contributed by atoms with Gasteiger partial charge < -0.3 is 97.7 Å². The van der Waals surface area contributed by atoms with Crippen molar-refractivity contribution < 1.29 is 102 Å². The van der Waals surface area contributed by atoms with E-state index >= 15 is 0 Å². The maximum absolute atomic E-state index is 14.3. The van der Waals surface area contributed by atoms with Crippen molar-refractivity contribution in [2.45, 2.75) is 249 Å². The Labute approximate surface area is 467 Å². The third-order valence-electron chi connectivity index (χ3n) is 16.3. The number of allylic oxidation sites excluding steroid dienone is 7. The first-order valence-corrected chi connectivity index (χ1v) is 27.9. The molecule has 4 saturated heterocycles. The van der Waals surface area contributed by atoms with E-state index in [0.29, 0.717) is 12.0 Å². The molecule has 5 aliphatic heterocycles. The van der Waals surface area contributed by atoms with Gasteiger partial charge in [0, 0.05) is 77.4 Å². The van der Waals surface area contributed by atoms with Crippen LogP contribution in [0.4, 0.5) is 0 Å². The van der Waals surface area contributed by atoms with E-state index in [1.165, 1.54) is 42.3 Å². The molecule has 25 atom stereocenters. The van der Waals surface area contributed by atoms with Crippen LogP contribution in [0, 0.1) is 17.8 Å². The Morgan fingerprint density at radius 1 is 0.722 bits per heavy atom. The lowest BCUT2D eigenvalue weighted by atomic mass is 9.76. The van der Waals surface area contributed by atoms with Gasteiger partial charge in [-0.1, -0.05) is 67.9 Å². The standard InChI is InChI=1S/C58H96O21/c1-29-17-16-18-40(59)44(69-13)25-41(60)54(78-55(65)33(5)23-31(3)21-30(2)22-32(4)42(20-19-29)76-56-51(64)50(63)52(71-15)37(9)74-56)58(67)35(7)48(61)34(6)43(79-58)24-39(28-68-12)75-47-27-57(11,66)53(38(10)73-47)77-46-26-45(70-14)49(62)36(8)72-46/h17,19-23,32,34-54,56,59-64,66-67H,16,18,24-28H2,1-15H3/b20-19+,29-17+,30-22+,31-21+,33-23+/t32-,34+,35-,36-,37+,38+,39-,40+,41+,42-,43-,44+,45-,46+,47+,48+,49-,50+,51+,52+,53+,54-,56+,57?,58-/m1/s1. The lowest BCUT2D eigenvalue weighted by molar-refractivity contribution is -0.366. The lowest BCUT2D eigenvalue weighted by Crippen LogP contribution is -2.66. The molecule has 0 aromatic rings. The topological polar surface area (TPSA) is 290 Å². The van der Waals surface area contributed by atoms with Gasteiger partial charge in [0.05, 0.1) is 79.4 Å². The second-order valence-corrected chi connectivity index (χ2v) is 23.0. The summed E-state index contributed by atoms with van der Waals surface area (Å²) in [6.07, 6.45) is -8.51. The Hall–Kier alpha value is -2.59. The third kappa shape index (κ3) is 17.3. The summed E-state index contributed by atoms with van der Waals surface area (Å²) in [5.41, 5.74) is 0.889. The molecule has 5 aliphatic rings. The second-order valence-electron chi connectivity index (χ2n) is 23.0. The molecule has 0 saturated carbocycles. The van der Waals surface area contributed by atoms with Crippen molar-refractivity contribution in [2.75, 3.05) is 35.0 Å². The van der Waals surface area contributed by atoms with Crippen LogP contribution in [0.25, 0.3) is 0 Å². The molecule has 5 rings (SSSR count). The van der Waals surface area contributed by atoms with Gasteiger partial charge in [0.1, 0.15) is 30.5 Å². The molecule has 5 heterocycles. The Balaban J connectivity index is 1.41. The summed E-state index contributed by atoms with van der Waals surface area (Å²) in [5.74, 6) is -5.55. The van der Waals surface area contributed by atoms with Crippen LogP contribution in [-0.4, -0.2) is 216 Å². The summed E-state index contributed by atoms with van der Waals surface area (Å²) in [5, 5.41) is 92.8. The number of carbonyl (C=O) groups is 1. The Kier molecular flexibility index (Phi) is 25.3. The highest BCUT2D eigenvalue weighted by Crippen LogP contribution is 2.44. The van der Waals surface area contributed by atoms with Gasteiger partial charge in [0.25, 0.3) is 0 Å². The molecule has 0 spiro atoms. The van der Waals surface area contributed by atoms with Crippen molar-refractivity contribution in [2.24, 2.45) is 17.8 Å². The predicted molar refractivity (Wildman–Crippen MR) is 288 cm³/mol. The first-order chi connectivity index (χ1) is 37.1. The zero-order chi connectivity index (χ0) is 58.8. The highest BCUT2D eigenvalue weighted by molar-refractivity contribution is 5.88. The minimum atomic E-state index is -2.53. The van der Waals surface area contributed by atoms with Crippen LogP contribution in [0.15, 0.2) is 58.7 Å². The highest BCUT2D eigenvalue weighted by atomic mass is 16.7. The molecule has 21 nitrogen and oxygen atoms in total. The fraction of sp³-hybridized carbons (Fsp3) is 0.810. The van der Waals surface area contributed by atoms with Gasteiger partial charge in [-0.05, 0) is 74.3 Å². The van der Waals surface area contributed by atoms with Crippen molar-refractivity contribution in [1.82, 2.24) is 0 Å². The van der Waals surface area contributed by atoms with E-state index in [1.807, 2.05) is 51.2 Å². The molecule has 4 fully saturated rings. The maximum atomic E-state index is 14.3. The molecule has 79 heavy (non-hydrogen) atoms. The fourth-order valence-electron chi connectivity index (χ4n) is 11.6. The molecule has 0 aliphatic carbocycles. The van der Waals surface area contributed by atoms with Crippen molar-refractivity contribution >= 4 is 5.97 Å². The van der Waals surface area contributed by atoms with Gasteiger partial charge in [0.15, 0.2) is 25.0 Å². The molecule has 21 heteroatoms. The van der Waals surface area contributed by atoms with Crippen LogP contribution < -0.4 is 0 Å². The van der Waals surface area contributed by atoms with Gasteiger partial charge in [-0.25, -0.2) is 4.79 Å². The van der Waals surface area contributed by atoms with Gasteiger partial charge in [-0.15, -0.1) is 0 Å².